The zero-order chi connectivity index (χ0) is 17.5. The lowest BCUT2D eigenvalue weighted by Crippen LogP contribution is -2.22. The molecule has 5 heteroatoms. The molecule has 0 bridgehead atoms. The lowest BCUT2D eigenvalue weighted by atomic mass is 10.0. The molecule has 1 aliphatic heterocycles. The van der Waals surface area contributed by atoms with Gasteiger partial charge < -0.3 is 4.90 Å². The maximum atomic E-state index is 11.7. The topological polar surface area (TPSA) is 57.6 Å². The molecule has 0 saturated carbocycles. The Balaban J connectivity index is 2.27. The third-order valence-corrected chi connectivity index (χ3v) is 5.50. The summed E-state index contributed by atoms with van der Waals surface area (Å²) < 4.78 is 32.9. The fourth-order valence-corrected chi connectivity index (χ4v) is 4.02. The van der Waals surface area contributed by atoms with Gasteiger partial charge in [-0.15, -0.1) is 0 Å². The summed E-state index contributed by atoms with van der Waals surface area (Å²) in [6.07, 6.45) is 6.27. The second-order valence-corrected chi connectivity index (χ2v) is 7.34. The fraction of sp³-hybridized carbons (Fsp3) is 0.263. The first-order valence-electron chi connectivity index (χ1n) is 7.99. The first kappa shape index (κ1) is 16.7. The van der Waals surface area contributed by atoms with Crippen molar-refractivity contribution in [3.8, 4) is 0 Å². The van der Waals surface area contributed by atoms with Gasteiger partial charge in [0.2, 0.25) is 0 Å². The Hall–Kier alpha value is -2.11. The van der Waals surface area contributed by atoms with Gasteiger partial charge in [0.05, 0.1) is 6.04 Å². The molecule has 24 heavy (non-hydrogen) atoms. The van der Waals surface area contributed by atoms with E-state index in [0.29, 0.717) is 5.39 Å². The molecular weight excluding hydrogens is 322 g/mol. The van der Waals surface area contributed by atoms with Crippen molar-refractivity contribution in [1.82, 2.24) is 0 Å². The second kappa shape index (κ2) is 6.07. The second-order valence-electron chi connectivity index (χ2n) is 5.95. The summed E-state index contributed by atoms with van der Waals surface area (Å²) >= 11 is 0. The number of likely N-dealkylation sites (N-methyl/N-ethyl adjacent to an activating group) is 1. The van der Waals surface area contributed by atoms with Crippen LogP contribution in [0.25, 0.3) is 10.8 Å². The Bertz CT molecular complexity index is 958. The van der Waals surface area contributed by atoms with Crippen LogP contribution >= 0.6 is 0 Å². The van der Waals surface area contributed by atoms with Crippen molar-refractivity contribution in [3.05, 3.63) is 59.7 Å². The number of rotatable bonds is 4. The van der Waals surface area contributed by atoms with Gasteiger partial charge in [0.1, 0.15) is 4.90 Å². The molecule has 0 saturated heterocycles. The Labute approximate surface area is 142 Å². The Kier molecular flexibility index (Phi) is 4.24. The van der Waals surface area contributed by atoms with Crippen LogP contribution in [-0.4, -0.2) is 19.5 Å². The fourth-order valence-electron chi connectivity index (χ4n) is 3.33. The van der Waals surface area contributed by atoms with Crippen LogP contribution in [0, 0.1) is 0 Å². The van der Waals surface area contributed by atoms with E-state index in [1.54, 1.807) is 12.1 Å². The van der Waals surface area contributed by atoms with Crippen molar-refractivity contribution in [2.75, 3.05) is 11.4 Å². The molecule has 0 amide bonds. The predicted molar refractivity (Wildman–Crippen MR) is 98.1 cm³/mol. The molecule has 2 aromatic carbocycles. The number of hydrogen-bond acceptors (Lipinski definition) is 3. The summed E-state index contributed by atoms with van der Waals surface area (Å²) in [6.45, 7) is 6.93. The van der Waals surface area contributed by atoms with E-state index in [0.717, 1.165) is 23.2 Å². The molecule has 0 spiro atoms. The first-order valence-corrected chi connectivity index (χ1v) is 9.43. The van der Waals surface area contributed by atoms with Crippen LogP contribution in [-0.2, 0) is 10.1 Å². The molecule has 2 aromatic rings. The van der Waals surface area contributed by atoms with Crippen molar-refractivity contribution in [3.63, 3.8) is 0 Å². The van der Waals surface area contributed by atoms with Gasteiger partial charge in [0.15, 0.2) is 0 Å². The maximum Gasteiger partial charge on any atom is 0.295 e. The monoisotopic (exact) mass is 343 g/mol. The molecule has 0 aliphatic carbocycles. The van der Waals surface area contributed by atoms with Gasteiger partial charge in [0.25, 0.3) is 10.1 Å². The SMILES string of the molecule is C/C=C(C)/C=C/C1c2cccc3c(S(=O)(=O)O)ccc(c23)N1CC. The van der Waals surface area contributed by atoms with Crippen LogP contribution in [0.15, 0.2) is 59.0 Å². The molecule has 1 aliphatic rings. The van der Waals surface area contributed by atoms with Gasteiger partial charge in [-0.25, -0.2) is 0 Å². The van der Waals surface area contributed by atoms with E-state index in [2.05, 4.69) is 24.0 Å². The summed E-state index contributed by atoms with van der Waals surface area (Å²) in [5.41, 5.74) is 3.24. The highest BCUT2D eigenvalue weighted by atomic mass is 32.2. The summed E-state index contributed by atoms with van der Waals surface area (Å²) in [7, 11) is -4.25. The number of nitrogens with zero attached hydrogens (tertiary/aromatic N) is 1. The quantitative estimate of drug-likeness (QED) is 0.656. The molecular formula is C19H21NO3S. The smallest absolute Gasteiger partial charge is 0.295 e. The predicted octanol–water partition coefficient (Wildman–Crippen LogP) is 4.49. The lowest BCUT2D eigenvalue weighted by Gasteiger charge is -2.24. The van der Waals surface area contributed by atoms with E-state index < -0.39 is 10.1 Å². The largest absolute Gasteiger partial charge is 0.361 e. The molecule has 126 valence electrons. The molecule has 0 fully saturated rings. The van der Waals surface area contributed by atoms with E-state index in [-0.39, 0.29) is 10.9 Å². The van der Waals surface area contributed by atoms with Crippen LogP contribution in [0.3, 0.4) is 0 Å². The number of hydrogen-bond donors (Lipinski definition) is 1. The van der Waals surface area contributed by atoms with Crippen molar-refractivity contribution in [2.45, 2.75) is 31.7 Å². The van der Waals surface area contributed by atoms with Crippen molar-refractivity contribution in [1.29, 1.82) is 0 Å². The zero-order valence-electron chi connectivity index (χ0n) is 14.0. The lowest BCUT2D eigenvalue weighted by molar-refractivity contribution is 0.484. The Morgan fingerprint density at radius 3 is 2.67 bits per heavy atom. The number of anilines is 1. The summed E-state index contributed by atoms with van der Waals surface area (Å²) in [5.74, 6) is 0. The Morgan fingerprint density at radius 1 is 1.29 bits per heavy atom. The van der Waals surface area contributed by atoms with Gasteiger partial charge in [0, 0.05) is 23.0 Å². The normalized spacial score (nSPS) is 18.1. The van der Waals surface area contributed by atoms with E-state index in [9.17, 15) is 13.0 Å². The van der Waals surface area contributed by atoms with Crippen molar-refractivity contribution in [2.24, 2.45) is 0 Å². The van der Waals surface area contributed by atoms with Crippen LogP contribution in [0.1, 0.15) is 32.4 Å². The van der Waals surface area contributed by atoms with Gasteiger partial charge in [-0.1, -0.05) is 42.0 Å². The van der Waals surface area contributed by atoms with Crippen molar-refractivity contribution < 1.29 is 13.0 Å². The van der Waals surface area contributed by atoms with E-state index in [1.807, 2.05) is 32.1 Å². The molecule has 0 radical (unpaired) electrons. The molecule has 1 unspecified atom stereocenters. The van der Waals surface area contributed by atoms with Crippen LogP contribution in [0.2, 0.25) is 0 Å². The molecule has 0 aromatic heterocycles. The third kappa shape index (κ3) is 2.64. The minimum atomic E-state index is -4.25. The van der Waals surface area contributed by atoms with Gasteiger partial charge in [-0.2, -0.15) is 8.42 Å². The van der Waals surface area contributed by atoms with Gasteiger partial charge >= 0.3 is 0 Å². The van der Waals surface area contributed by atoms with Crippen LogP contribution < -0.4 is 4.90 Å². The van der Waals surface area contributed by atoms with Crippen molar-refractivity contribution >= 4 is 26.6 Å². The van der Waals surface area contributed by atoms with E-state index in [1.165, 1.54) is 11.6 Å². The summed E-state index contributed by atoms with van der Waals surface area (Å²) in [6, 6.07) is 8.95. The first-order chi connectivity index (χ1) is 11.4. The van der Waals surface area contributed by atoms with Gasteiger partial charge in [-0.05, 0) is 38.5 Å². The number of allylic oxidation sites excluding steroid dienone is 3. The summed E-state index contributed by atoms with van der Waals surface area (Å²) in [4.78, 5) is 2.21. The van der Waals surface area contributed by atoms with Gasteiger partial charge in [-0.3, -0.25) is 4.55 Å². The average Bonchev–Trinajstić information content (AvgIpc) is 2.86. The van der Waals surface area contributed by atoms with Crippen LogP contribution in [0.5, 0.6) is 0 Å². The highest BCUT2D eigenvalue weighted by Gasteiger charge is 2.30. The molecule has 4 nitrogen and oxygen atoms in total. The molecule has 1 N–H and O–H groups in total. The maximum absolute atomic E-state index is 11.7. The zero-order valence-corrected chi connectivity index (χ0v) is 14.8. The molecule has 3 rings (SSSR count). The summed E-state index contributed by atoms with van der Waals surface area (Å²) in [5, 5.41) is 1.48. The Morgan fingerprint density at radius 2 is 2.04 bits per heavy atom. The molecule has 1 atom stereocenters. The molecule has 1 heterocycles. The highest BCUT2D eigenvalue weighted by molar-refractivity contribution is 7.86. The van der Waals surface area contributed by atoms with E-state index in [4.69, 9.17) is 0 Å². The third-order valence-electron chi connectivity index (χ3n) is 4.59. The minimum Gasteiger partial charge on any atom is -0.361 e. The highest BCUT2D eigenvalue weighted by Crippen LogP contribution is 2.46. The average molecular weight is 343 g/mol. The van der Waals surface area contributed by atoms with Crippen LogP contribution in [0.4, 0.5) is 5.69 Å². The van der Waals surface area contributed by atoms with E-state index >= 15 is 0 Å². The standard InChI is InChI=1S/C19H21NO3S/c1-4-13(3)9-10-16-14-7-6-8-15-18(24(21,22)23)12-11-17(19(14)15)20(16)5-2/h4,6-12,16H,5H2,1-3H3,(H,21,22,23)/b10-9+,13-4+. The minimum absolute atomic E-state index is 0.0339. The number of benzene rings is 2.